The second kappa shape index (κ2) is 7.62. The quantitative estimate of drug-likeness (QED) is 0.312. The van der Waals surface area contributed by atoms with Crippen molar-refractivity contribution >= 4 is 12.2 Å². The van der Waals surface area contributed by atoms with Crippen LogP contribution in [-0.4, -0.2) is 69.9 Å². The van der Waals surface area contributed by atoms with Crippen LogP contribution in [-0.2, 0) is 9.53 Å². The molecule has 1 fully saturated rings. The van der Waals surface area contributed by atoms with Gasteiger partial charge in [-0.2, -0.15) is 0 Å². The van der Waals surface area contributed by atoms with Gasteiger partial charge in [-0.1, -0.05) is 12.1 Å². The maximum atomic E-state index is 11.1. The highest BCUT2D eigenvalue weighted by atomic mass is 16.6. The fourth-order valence-corrected chi connectivity index (χ4v) is 2.19. The summed E-state index contributed by atoms with van der Waals surface area (Å²) < 4.78 is 10.3. The van der Waals surface area contributed by atoms with Gasteiger partial charge in [0.05, 0.1) is 6.61 Å². The number of aliphatic hydroxyl groups is 4. The summed E-state index contributed by atoms with van der Waals surface area (Å²) >= 11 is 0. The number of hydrogen-bond donors (Lipinski definition) is 4. The lowest BCUT2D eigenvalue weighted by molar-refractivity contribution is -0.226. The lowest BCUT2D eigenvalue weighted by Gasteiger charge is -2.38. The Morgan fingerprint density at radius 3 is 2.61 bits per heavy atom. The van der Waals surface area contributed by atoms with E-state index in [1.54, 1.807) is 24.3 Å². The van der Waals surface area contributed by atoms with Crippen molar-refractivity contribution in [3.8, 4) is 5.75 Å². The van der Waals surface area contributed by atoms with Gasteiger partial charge in [-0.3, -0.25) is 9.79 Å². The number of carbonyl (C=O) groups excluding carboxylic acids is 1. The Hall–Kier alpha value is -1.84. The lowest BCUT2D eigenvalue weighted by Crippen LogP contribution is -2.57. The van der Waals surface area contributed by atoms with Gasteiger partial charge >= 0.3 is 5.97 Å². The smallest absolute Gasteiger partial charge is 0.308 e. The van der Waals surface area contributed by atoms with E-state index in [0.29, 0.717) is 5.56 Å². The average Bonchev–Trinajstić information content (AvgIpc) is 2.53. The van der Waals surface area contributed by atoms with E-state index in [1.165, 1.54) is 13.1 Å². The van der Waals surface area contributed by atoms with Crippen molar-refractivity contribution in [1.29, 1.82) is 0 Å². The summed E-state index contributed by atoms with van der Waals surface area (Å²) in [6.45, 7) is 0.743. The molecule has 1 heterocycles. The predicted molar refractivity (Wildman–Crippen MR) is 79.1 cm³/mol. The highest BCUT2D eigenvalue weighted by Gasteiger charge is 2.43. The number of hydrogen-bond acceptors (Lipinski definition) is 8. The van der Waals surface area contributed by atoms with Crippen LogP contribution in [0.15, 0.2) is 29.3 Å². The molecule has 1 aliphatic heterocycles. The number of benzene rings is 1. The van der Waals surface area contributed by atoms with E-state index in [4.69, 9.17) is 14.6 Å². The minimum absolute atomic E-state index is 0.286. The average molecular weight is 325 g/mol. The first-order valence-electron chi connectivity index (χ1n) is 7.05. The number of carbonyl (C=O) groups is 1. The molecule has 0 aliphatic carbocycles. The van der Waals surface area contributed by atoms with Gasteiger partial charge in [-0.15, -0.1) is 0 Å². The third-order valence-electron chi connectivity index (χ3n) is 3.40. The van der Waals surface area contributed by atoms with Gasteiger partial charge in [0.2, 0.25) is 0 Å². The Balaban J connectivity index is 2.17. The SMILES string of the molecule is CC(=O)Oc1ccccc1C=NC1O[C@H](CO)[C@H](O)[C@H](O)[C@H]1O. The molecule has 0 spiro atoms. The molecule has 1 aromatic carbocycles. The van der Waals surface area contributed by atoms with E-state index in [1.807, 2.05) is 0 Å². The number of ether oxygens (including phenoxy) is 2. The highest BCUT2D eigenvalue weighted by molar-refractivity contribution is 5.85. The van der Waals surface area contributed by atoms with Crippen molar-refractivity contribution in [1.82, 2.24) is 0 Å². The van der Waals surface area contributed by atoms with Crippen molar-refractivity contribution in [2.75, 3.05) is 6.61 Å². The van der Waals surface area contributed by atoms with Gasteiger partial charge in [0.15, 0.2) is 6.23 Å². The van der Waals surface area contributed by atoms with Crippen LogP contribution in [0.2, 0.25) is 0 Å². The van der Waals surface area contributed by atoms with E-state index in [9.17, 15) is 20.1 Å². The molecule has 126 valence electrons. The molecule has 8 nitrogen and oxygen atoms in total. The Bertz CT molecular complexity index is 575. The zero-order chi connectivity index (χ0) is 17.0. The Kier molecular flexibility index (Phi) is 5.80. The molecule has 5 atom stereocenters. The first-order valence-corrected chi connectivity index (χ1v) is 7.05. The molecule has 0 radical (unpaired) electrons. The number of aliphatic hydroxyl groups excluding tert-OH is 4. The van der Waals surface area contributed by atoms with Gasteiger partial charge < -0.3 is 29.9 Å². The summed E-state index contributed by atoms with van der Waals surface area (Å²) in [5.41, 5.74) is 0.472. The third kappa shape index (κ3) is 4.12. The zero-order valence-corrected chi connectivity index (χ0v) is 12.4. The number of esters is 1. The molecule has 1 unspecified atom stereocenters. The van der Waals surface area contributed by atoms with Crippen LogP contribution in [0.4, 0.5) is 0 Å². The molecule has 1 saturated heterocycles. The summed E-state index contributed by atoms with van der Waals surface area (Å²) in [4.78, 5) is 15.1. The van der Waals surface area contributed by atoms with Gasteiger partial charge in [-0.05, 0) is 12.1 Å². The van der Waals surface area contributed by atoms with Crippen LogP contribution in [0.1, 0.15) is 12.5 Å². The zero-order valence-electron chi connectivity index (χ0n) is 12.4. The molecular formula is C15H19NO7. The molecule has 0 saturated carbocycles. The largest absolute Gasteiger partial charge is 0.426 e. The Morgan fingerprint density at radius 1 is 1.26 bits per heavy atom. The molecule has 0 aromatic heterocycles. The monoisotopic (exact) mass is 325 g/mol. The number of nitrogens with zero attached hydrogens (tertiary/aromatic N) is 1. The van der Waals surface area contributed by atoms with E-state index in [2.05, 4.69) is 4.99 Å². The van der Waals surface area contributed by atoms with Crippen LogP contribution in [0, 0.1) is 0 Å². The van der Waals surface area contributed by atoms with Gasteiger partial charge in [0.25, 0.3) is 0 Å². The van der Waals surface area contributed by atoms with Crippen molar-refractivity contribution in [3.05, 3.63) is 29.8 Å². The van der Waals surface area contributed by atoms with E-state index in [0.717, 1.165) is 0 Å². The first-order chi connectivity index (χ1) is 10.9. The Morgan fingerprint density at radius 2 is 1.96 bits per heavy atom. The second-order valence-electron chi connectivity index (χ2n) is 5.13. The van der Waals surface area contributed by atoms with E-state index >= 15 is 0 Å². The third-order valence-corrected chi connectivity index (χ3v) is 3.40. The molecule has 8 heteroatoms. The van der Waals surface area contributed by atoms with Crippen molar-refractivity contribution in [2.24, 2.45) is 4.99 Å². The number of aliphatic imine (C=N–C) groups is 1. The minimum Gasteiger partial charge on any atom is -0.426 e. The van der Waals surface area contributed by atoms with Gasteiger partial charge in [0.1, 0.15) is 30.2 Å². The van der Waals surface area contributed by atoms with Crippen LogP contribution in [0.5, 0.6) is 5.75 Å². The van der Waals surface area contributed by atoms with E-state index < -0.39 is 43.2 Å². The lowest BCUT2D eigenvalue weighted by atomic mass is 9.98. The fraction of sp³-hybridized carbons (Fsp3) is 0.467. The predicted octanol–water partition coefficient (Wildman–Crippen LogP) is -1.17. The van der Waals surface area contributed by atoms with Crippen molar-refractivity contribution in [2.45, 2.75) is 37.6 Å². The normalized spacial score (nSPS) is 31.3. The summed E-state index contributed by atoms with van der Waals surface area (Å²) in [7, 11) is 0. The molecule has 2 rings (SSSR count). The van der Waals surface area contributed by atoms with Crippen molar-refractivity contribution < 1.29 is 34.7 Å². The minimum atomic E-state index is -1.49. The number of rotatable bonds is 4. The molecule has 0 bridgehead atoms. The fourth-order valence-electron chi connectivity index (χ4n) is 2.19. The van der Waals surface area contributed by atoms with Crippen LogP contribution in [0.25, 0.3) is 0 Å². The van der Waals surface area contributed by atoms with Crippen LogP contribution in [0.3, 0.4) is 0 Å². The molecule has 4 N–H and O–H groups in total. The number of para-hydroxylation sites is 1. The molecule has 0 amide bonds. The second-order valence-corrected chi connectivity index (χ2v) is 5.13. The maximum absolute atomic E-state index is 11.1. The van der Waals surface area contributed by atoms with E-state index in [-0.39, 0.29) is 5.75 Å². The molecule has 1 aliphatic rings. The maximum Gasteiger partial charge on any atom is 0.308 e. The Labute approximate surface area is 132 Å². The van der Waals surface area contributed by atoms with Crippen LogP contribution >= 0.6 is 0 Å². The topological polar surface area (TPSA) is 129 Å². The highest BCUT2D eigenvalue weighted by Crippen LogP contribution is 2.23. The summed E-state index contributed by atoms with van der Waals surface area (Å²) in [6, 6.07) is 6.62. The first kappa shape index (κ1) is 17.5. The summed E-state index contributed by atoms with van der Waals surface area (Å²) in [5.74, 6) is -0.202. The van der Waals surface area contributed by atoms with Crippen LogP contribution < -0.4 is 4.74 Å². The van der Waals surface area contributed by atoms with Crippen molar-refractivity contribution in [3.63, 3.8) is 0 Å². The molecule has 23 heavy (non-hydrogen) atoms. The standard InChI is InChI=1S/C15H19NO7/c1-8(18)22-10-5-3-2-4-9(10)6-16-15-14(21)13(20)12(19)11(7-17)23-15/h2-6,11-15,17,19-21H,7H2,1H3/t11-,12+,13+,14-,15?/m1/s1. The molecular weight excluding hydrogens is 306 g/mol. The summed E-state index contributed by atoms with van der Waals surface area (Å²) in [5, 5.41) is 38.4. The summed E-state index contributed by atoms with van der Waals surface area (Å²) in [6.07, 6.45) is -5.26. The van der Waals surface area contributed by atoms with Gasteiger partial charge in [0, 0.05) is 18.7 Å². The molecule has 1 aromatic rings. The van der Waals surface area contributed by atoms with Gasteiger partial charge in [-0.25, -0.2) is 0 Å².